The van der Waals surface area contributed by atoms with Gasteiger partial charge in [-0.15, -0.1) is 3.89 Å². The van der Waals surface area contributed by atoms with Crippen LogP contribution >= 0.6 is 31.9 Å². The standard InChI is InChI=1S/C7H5Br2FO2S/c8-6-2-1-3-7(9)5(6)4-13(10,11)12/h1-3H,4H2. The fourth-order valence-corrected chi connectivity index (χ4v) is 3.15. The highest BCUT2D eigenvalue weighted by molar-refractivity contribution is 9.11. The van der Waals surface area contributed by atoms with Crippen LogP contribution in [-0.4, -0.2) is 8.42 Å². The molecule has 0 aliphatic heterocycles. The van der Waals surface area contributed by atoms with Crippen molar-refractivity contribution in [3.05, 3.63) is 32.7 Å². The van der Waals surface area contributed by atoms with Crippen LogP contribution in [0.15, 0.2) is 27.1 Å². The van der Waals surface area contributed by atoms with Crippen molar-refractivity contribution in [3.63, 3.8) is 0 Å². The molecule has 0 atom stereocenters. The molecule has 0 heterocycles. The van der Waals surface area contributed by atoms with Crippen molar-refractivity contribution in [1.82, 2.24) is 0 Å². The first-order valence-corrected chi connectivity index (χ1v) is 6.39. The molecule has 0 unspecified atom stereocenters. The quantitative estimate of drug-likeness (QED) is 0.781. The van der Waals surface area contributed by atoms with Gasteiger partial charge in [0.25, 0.3) is 0 Å². The maximum atomic E-state index is 12.4. The Hall–Kier alpha value is 0.0600. The largest absolute Gasteiger partial charge is 0.306 e. The number of hydrogen-bond donors (Lipinski definition) is 0. The lowest BCUT2D eigenvalue weighted by molar-refractivity contribution is 0.551. The van der Waals surface area contributed by atoms with E-state index in [1.807, 2.05) is 0 Å². The first kappa shape index (κ1) is 11.1. The predicted octanol–water partition coefficient (Wildman–Crippen LogP) is 3.01. The van der Waals surface area contributed by atoms with E-state index in [9.17, 15) is 12.3 Å². The molecule has 0 aliphatic rings. The van der Waals surface area contributed by atoms with Crippen molar-refractivity contribution >= 4 is 42.1 Å². The van der Waals surface area contributed by atoms with Crippen LogP contribution in [0.2, 0.25) is 0 Å². The Labute approximate surface area is 92.6 Å². The third-order valence-electron chi connectivity index (χ3n) is 1.38. The molecule has 6 heteroatoms. The Morgan fingerprint density at radius 3 is 2.08 bits per heavy atom. The minimum atomic E-state index is -4.48. The van der Waals surface area contributed by atoms with Crippen molar-refractivity contribution in [3.8, 4) is 0 Å². The van der Waals surface area contributed by atoms with Gasteiger partial charge >= 0.3 is 10.2 Å². The summed E-state index contributed by atoms with van der Waals surface area (Å²) in [6.07, 6.45) is 0. The van der Waals surface area contributed by atoms with Crippen molar-refractivity contribution in [2.24, 2.45) is 0 Å². The van der Waals surface area contributed by atoms with Crippen LogP contribution in [0.25, 0.3) is 0 Å². The monoisotopic (exact) mass is 330 g/mol. The van der Waals surface area contributed by atoms with Crippen molar-refractivity contribution in [1.29, 1.82) is 0 Å². The van der Waals surface area contributed by atoms with E-state index < -0.39 is 16.0 Å². The predicted molar refractivity (Wildman–Crippen MR) is 55.6 cm³/mol. The van der Waals surface area contributed by atoms with E-state index in [1.165, 1.54) is 0 Å². The van der Waals surface area contributed by atoms with E-state index in [0.717, 1.165) is 0 Å². The highest BCUT2D eigenvalue weighted by Gasteiger charge is 2.14. The van der Waals surface area contributed by atoms with Gasteiger partial charge in [-0.3, -0.25) is 0 Å². The molecule has 1 rings (SSSR count). The van der Waals surface area contributed by atoms with Gasteiger partial charge in [-0.2, -0.15) is 8.42 Å². The van der Waals surface area contributed by atoms with Crippen molar-refractivity contribution < 1.29 is 12.3 Å². The lowest BCUT2D eigenvalue weighted by Crippen LogP contribution is -1.98. The Balaban J connectivity index is 3.15. The SMILES string of the molecule is O=S(=O)(F)Cc1c(Br)cccc1Br. The van der Waals surface area contributed by atoms with Gasteiger partial charge < -0.3 is 0 Å². The Kier molecular flexibility index (Phi) is 3.48. The summed E-state index contributed by atoms with van der Waals surface area (Å²) in [6, 6.07) is 5.04. The minimum Gasteiger partial charge on any atom is -0.194 e. The lowest BCUT2D eigenvalue weighted by atomic mass is 10.2. The molecule has 0 bridgehead atoms. The second-order valence-electron chi connectivity index (χ2n) is 2.38. The van der Waals surface area contributed by atoms with E-state index in [1.54, 1.807) is 18.2 Å². The van der Waals surface area contributed by atoms with E-state index in [2.05, 4.69) is 31.9 Å². The van der Waals surface area contributed by atoms with Gasteiger partial charge in [0.1, 0.15) is 5.75 Å². The average molecular weight is 332 g/mol. The summed E-state index contributed by atoms with van der Waals surface area (Å²) >= 11 is 6.28. The molecular weight excluding hydrogens is 327 g/mol. The van der Waals surface area contributed by atoms with Gasteiger partial charge in [-0.25, -0.2) is 0 Å². The normalized spacial score (nSPS) is 11.6. The highest BCUT2D eigenvalue weighted by Crippen LogP contribution is 2.27. The van der Waals surface area contributed by atoms with E-state index in [0.29, 0.717) is 14.5 Å². The minimum absolute atomic E-state index is 0.394. The second-order valence-corrected chi connectivity index (χ2v) is 5.46. The van der Waals surface area contributed by atoms with Crippen LogP contribution in [0.3, 0.4) is 0 Å². The molecule has 72 valence electrons. The van der Waals surface area contributed by atoms with Gasteiger partial charge in [0, 0.05) is 8.95 Å². The van der Waals surface area contributed by atoms with Crippen LogP contribution in [0.4, 0.5) is 3.89 Å². The molecule has 0 aromatic heterocycles. The van der Waals surface area contributed by atoms with Crippen LogP contribution in [0, 0.1) is 0 Å². The van der Waals surface area contributed by atoms with Gasteiger partial charge in [0.05, 0.1) is 0 Å². The molecule has 13 heavy (non-hydrogen) atoms. The molecule has 1 aromatic carbocycles. The first-order chi connectivity index (χ1) is 5.90. The number of hydrogen-bond acceptors (Lipinski definition) is 2. The third kappa shape index (κ3) is 3.36. The summed E-state index contributed by atoms with van der Waals surface area (Å²) in [5.41, 5.74) is 0.394. The summed E-state index contributed by atoms with van der Waals surface area (Å²) < 4.78 is 34.3. The molecule has 0 spiro atoms. The fraction of sp³-hybridized carbons (Fsp3) is 0.143. The molecule has 0 fully saturated rings. The lowest BCUT2D eigenvalue weighted by Gasteiger charge is -2.03. The molecule has 0 N–H and O–H groups in total. The molecule has 1 aromatic rings. The number of halogens is 3. The van der Waals surface area contributed by atoms with Gasteiger partial charge in [0.2, 0.25) is 0 Å². The van der Waals surface area contributed by atoms with E-state index >= 15 is 0 Å². The zero-order chi connectivity index (χ0) is 10.1. The van der Waals surface area contributed by atoms with Crippen molar-refractivity contribution in [2.75, 3.05) is 0 Å². The molecule has 2 nitrogen and oxygen atoms in total. The Morgan fingerprint density at radius 2 is 1.69 bits per heavy atom. The highest BCUT2D eigenvalue weighted by atomic mass is 79.9. The molecule has 0 aliphatic carbocycles. The van der Waals surface area contributed by atoms with Crippen LogP contribution < -0.4 is 0 Å². The summed E-state index contributed by atoms with van der Waals surface area (Å²) in [6.45, 7) is 0. The smallest absolute Gasteiger partial charge is 0.194 e. The van der Waals surface area contributed by atoms with Crippen LogP contribution in [0.5, 0.6) is 0 Å². The Morgan fingerprint density at radius 1 is 1.23 bits per heavy atom. The average Bonchev–Trinajstić information content (AvgIpc) is 1.95. The molecule has 0 saturated heterocycles. The Bertz CT molecular complexity index is 396. The van der Waals surface area contributed by atoms with Gasteiger partial charge in [-0.05, 0) is 17.7 Å². The van der Waals surface area contributed by atoms with Gasteiger partial charge in [0.15, 0.2) is 0 Å². The van der Waals surface area contributed by atoms with Gasteiger partial charge in [-0.1, -0.05) is 37.9 Å². The summed E-state index contributed by atoms with van der Waals surface area (Å²) in [5, 5.41) is 0. The molecular formula is C7H5Br2FO2S. The van der Waals surface area contributed by atoms with Crippen LogP contribution in [-0.2, 0) is 16.0 Å². The van der Waals surface area contributed by atoms with Crippen LogP contribution in [0.1, 0.15) is 5.56 Å². The molecule has 0 saturated carbocycles. The zero-order valence-corrected chi connectivity index (χ0v) is 10.3. The first-order valence-electron chi connectivity index (χ1n) is 3.25. The number of benzene rings is 1. The topological polar surface area (TPSA) is 34.1 Å². The number of rotatable bonds is 2. The molecule has 0 radical (unpaired) electrons. The maximum Gasteiger partial charge on any atom is 0.306 e. The zero-order valence-electron chi connectivity index (χ0n) is 6.30. The van der Waals surface area contributed by atoms with E-state index in [4.69, 9.17) is 0 Å². The summed E-state index contributed by atoms with van der Waals surface area (Å²) in [5.74, 6) is -0.616. The fourth-order valence-electron chi connectivity index (χ4n) is 0.843. The van der Waals surface area contributed by atoms with Crippen molar-refractivity contribution in [2.45, 2.75) is 5.75 Å². The third-order valence-corrected chi connectivity index (χ3v) is 3.50. The maximum absolute atomic E-state index is 12.4. The summed E-state index contributed by atoms with van der Waals surface area (Å²) in [4.78, 5) is 0. The molecule has 0 amide bonds. The second kappa shape index (κ2) is 4.06. The summed E-state index contributed by atoms with van der Waals surface area (Å²) in [7, 11) is -4.48. The van der Waals surface area contributed by atoms with E-state index in [-0.39, 0.29) is 0 Å².